The molecule has 0 amide bonds. The molecule has 7 nitrogen and oxygen atoms in total. The Morgan fingerprint density at radius 1 is 1.10 bits per heavy atom. The Morgan fingerprint density at radius 3 is 2.41 bits per heavy atom. The highest BCUT2D eigenvalue weighted by atomic mass is 32.2. The summed E-state index contributed by atoms with van der Waals surface area (Å²) in [5, 5.41) is 3.28. The molecule has 0 aliphatic carbocycles. The average molecular weight is 585 g/mol. The van der Waals surface area contributed by atoms with Crippen LogP contribution in [-0.2, 0) is 16.5 Å². The summed E-state index contributed by atoms with van der Waals surface area (Å²) in [6.45, 7) is 2.02. The molecule has 1 saturated heterocycles. The van der Waals surface area contributed by atoms with Crippen molar-refractivity contribution >= 4 is 15.8 Å². The Morgan fingerprint density at radius 2 is 1.82 bits per heavy atom. The Hall–Kier alpha value is -2.65. The maximum Gasteiger partial charge on any atom is 0.534 e. The minimum atomic E-state index is -5.91. The van der Waals surface area contributed by atoms with E-state index >= 15 is 0 Å². The lowest BCUT2D eigenvalue weighted by Crippen LogP contribution is -2.54. The molecule has 0 radical (unpaired) electrons. The Kier molecular flexibility index (Phi) is 8.34. The van der Waals surface area contributed by atoms with Crippen molar-refractivity contribution in [1.29, 1.82) is 0 Å². The lowest BCUT2D eigenvalue weighted by atomic mass is 9.86. The summed E-state index contributed by atoms with van der Waals surface area (Å²) in [4.78, 5) is 7.70. The Balaban J connectivity index is 1.59. The standard InChI is InChI=1S/C24H27F7N4O3S/c1-15-9-16-10-19(38-39(36,37)24(29,30)31)4-5-20(16)22(35(15)14-23(26,27)28)21-6-3-17(11-32-21)33-18-12-34(13-18)8-2-7-25/h3-6,10-11,15,18,22,33H,2,7-9,12-14H2,1H3. The van der Waals surface area contributed by atoms with Gasteiger partial charge in [-0.2, -0.15) is 34.8 Å². The number of nitrogens with one attached hydrogen (secondary N) is 1. The van der Waals surface area contributed by atoms with E-state index in [2.05, 4.69) is 19.4 Å². The van der Waals surface area contributed by atoms with Crippen LogP contribution in [0.5, 0.6) is 5.75 Å². The minimum Gasteiger partial charge on any atom is -0.378 e. The van der Waals surface area contributed by atoms with Crippen molar-refractivity contribution in [1.82, 2.24) is 14.8 Å². The number of fused-ring (bicyclic) bond motifs is 1. The predicted molar refractivity (Wildman–Crippen MR) is 128 cm³/mol. The van der Waals surface area contributed by atoms with Crippen LogP contribution >= 0.6 is 0 Å². The van der Waals surface area contributed by atoms with E-state index in [-0.39, 0.29) is 24.8 Å². The first-order chi connectivity index (χ1) is 18.2. The summed E-state index contributed by atoms with van der Waals surface area (Å²) in [6, 6.07) is 5.05. The van der Waals surface area contributed by atoms with Crippen molar-refractivity contribution in [2.24, 2.45) is 0 Å². The molecule has 216 valence electrons. The zero-order valence-corrected chi connectivity index (χ0v) is 21.6. The summed E-state index contributed by atoms with van der Waals surface area (Å²) in [5.41, 5.74) is -3.99. The van der Waals surface area contributed by atoms with E-state index in [1.165, 1.54) is 17.2 Å². The van der Waals surface area contributed by atoms with Gasteiger partial charge in [-0.15, -0.1) is 0 Å². The first-order valence-electron chi connectivity index (χ1n) is 12.1. The molecule has 1 aromatic carbocycles. The summed E-state index contributed by atoms with van der Waals surface area (Å²) in [6.07, 6.45) is -2.55. The number of hydrogen-bond acceptors (Lipinski definition) is 7. The Bertz CT molecular complexity index is 1250. The molecule has 3 heterocycles. The highest BCUT2D eigenvalue weighted by molar-refractivity contribution is 7.88. The molecule has 4 rings (SSSR count). The van der Waals surface area contributed by atoms with Crippen LogP contribution < -0.4 is 9.50 Å². The van der Waals surface area contributed by atoms with Gasteiger partial charge in [-0.25, -0.2) is 0 Å². The molecule has 0 spiro atoms. The van der Waals surface area contributed by atoms with Crippen LogP contribution in [-0.4, -0.2) is 79.8 Å². The largest absolute Gasteiger partial charge is 0.534 e. The van der Waals surface area contributed by atoms with Crippen LogP contribution in [0.3, 0.4) is 0 Å². The van der Waals surface area contributed by atoms with E-state index in [1.807, 2.05) is 0 Å². The maximum atomic E-state index is 13.5. The third-order valence-electron chi connectivity index (χ3n) is 6.68. The molecule has 0 saturated carbocycles. The number of halogens is 7. The van der Waals surface area contributed by atoms with Gasteiger partial charge in [0.1, 0.15) is 5.75 Å². The molecule has 2 aliphatic rings. The third-order valence-corrected chi connectivity index (χ3v) is 7.65. The quantitative estimate of drug-likeness (QED) is 0.261. The number of anilines is 1. The predicted octanol–water partition coefficient (Wildman–Crippen LogP) is 4.66. The van der Waals surface area contributed by atoms with Gasteiger partial charge in [0.25, 0.3) is 0 Å². The van der Waals surface area contributed by atoms with Gasteiger partial charge < -0.3 is 9.50 Å². The normalized spacial score (nSPS) is 21.3. The maximum absolute atomic E-state index is 13.5. The average Bonchev–Trinajstić information content (AvgIpc) is 2.80. The molecule has 0 bridgehead atoms. The van der Waals surface area contributed by atoms with Crippen molar-refractivity contribution < 1.29 is 43.3 Å². The van der Waals surface area contributed by atoms with Gasteiger partial charge in [-0.3, -0.25) is 19.2 Å². The second-order valence-electron chi connectivity index (χ2n) is 9.70. The molecule has 15 heteroatoms. The number of benzene rings is 1. The first-order valence-corrected chi connectivity index (χ1v) is 13.5. The zero-order valence-electron chi connectivity index (χ0n) is 20.8. The molecule has 1 fully saturated rings. The van der Waals surface area contributed by atoms with Crippen molar-refractivity contribution in [2.75, 3.05) is 38.2 Å². The molecule has 2 aliphatic heterocycles. The molecular formula is C24H27F7N4O3S. The van der Waals surface area contributed by atoms with E-state index in [9.17, 15) is 39.2 Å². The SMILES string of the molecule is CC1Cc2cc(OS(=O)(=O)C(F)(F)F)ccc2C(c2ccc(NC3CN(CCCF)C3)cn2)N1CC(F)(F)F. The van der Waals surface area contributed by atoms with Gasteiger partial charge in [0.2, 0.25) is 0 Å². The topological polar surface area (TPSA) is 74.8 Å². The van der Waals surface area contributed by atoms with Gasteiger partial charge in [0, 0.05) is 25.7 Å². The first kappa shape index (κ1) is 29.3. The summed E-state index contributed by atoms with van der Waals surface area (Å²) < 4.78 is 118. The van der Waals surface area contributed by atoms with Crippen LogP contribution in [0, 0.1) is 0 Å². The van der Waals surface area contributed by atoms with E-state index in [4.69, 9.17) is 0 Å². The molecular weight excluding hydrogens is 557 g/mol. The van der Waals surface area contributed by atoms with Gasteiger partial charge in [0.05, 0.1) is 42.9 Å². The van der Waals surface area contributed by atoms with Gasteiger partial charge in [-0.1, -0.05) is 6.07 Å². The number of aromatic nitrogens is 1. The monoisotopic (exact) mass is 584 g/mol. The van der Waals surface area contributed by atoms with E-state index in [0.29, 0.717) is 29.8 Å². The third kappa shape index (κ3) is 6.92. The fourth-order valence-electron chi connectivity index (χ4n) is 4.92. The summed E-state index contributed by atoms with van der Waals surface area (Å²) in [5.74, 6) is -0.588. The number of alkyl halides is 7. The highest BCUT2D eigenvalue weighted by Crippen LogP contribution is 2.41. The van der Waals surface area contributed by atoms with E-state index < -0.39 is 46.2 Å². The fourth-order valence-corrected chi connectivity index (χ4v) is 5.37. The molecule has 1 aromatic heterocycles. The minimum absolute atomic E-state index is 0.0193. The molecule has 2 atom stereocenters. The van der Waals surface area contributed by atoms with Gasteiger partial charge >= 0.3 is 21.8 Å². The highest BCUT2D eigenvalue weighted by Gasteiger charge is 2.49. The summed E-state index contributed by atoms with van der Waals surface area (Å²) >= 11 is 0. The van der Waals surface area contributed by atoms with Crippen molar-refractivity contribution in [2.45, 2.75) is 49.6 Å². The van der Waals surface area contributed by atoms with Crippen LogP contribution in [0.2, 0.25) is 0 Å². The lowest BCUT2D eigenvalue weighted by Gasteiger charge is -2.42. The molecule has 2 unspecified atom stereocenters. The van der Waals surface area contributed by atoms with Gasteiger partial charge in [0.15, 0.2) is 0 Å². The second kappa shape index (κ2) is 11.1. The number of rotatable bonds is 9. The fraction of sp³-hybridized carbons (Fsp3) is 0.542. The summed E-state index contributed by atoms with van der Waals surface area (Å²) in [7, 11) is -5.91. The van der Waals surface area contributed by atoms with E-state index in [0.717, 1.165) is 25.2 Å². The molecule has 2 aromatic rings. The number of nitrogens with zero attached hydrogens (tertiary/aromatic N) is 3. The van der Waals surface area contributed by atoms with Crippen LogP contribution in [0.1, 0.15) is 36.2 Å². The Labute approximate surface area is 221 Å². The lowest BCUT2D eigenvalue weighted by molar-refractivity contribution is -0.155. The molecule has 1 N–H and O–H groups in total. The number of hydrogen-bond donors (Lipinski definition) is 1. The second-order valence-corrected chi connectivity index (χ2v) is 11.2. The number of pyridine rings is 1. The smallest absolute Gasteiger partial charge is 0.378 e. The molecule has 39 heavy (non-hydrogen) atoms. The van der Waals surface area contributed by atoms with Crippen molar-refractivity contribution in [3.63, 3.8) is 0 Å². The van der Waals surface area contributed by atoms with Crippen molar-refractivity contribution in [3.05, 3.63) is 53.3 Å². The zero-order chi connectivity index (χ0) is 28.6. The van der Waals surface area contributed by atoms with Crippen molar-refractivity contribution in [3.8, 4) is 5.75 Å². The van der Waals surface area contributed by atoms with Crippen LogP contribution in [0.15, 0.2) is 36.5 Å². The van der Waals surface area contributed by atoms with Gasteiger partial charge in [-0.05, 0) is 55.2 Å². The van der Waals surface area contributed by atoms with Crippen LogP contribution in [0.25, 0.3) is 0 Å². The number of likely N-dealkylation sites (tertiary alicyclic amines) is 1. The van der Waals surface area contributed by atoms with Crippen LogP contribution in [0.4, 0.5) is 36.4 Å². The van der Waals surface area contributed by atoms with E-state index in [1.54, 1.807) is 19.1 Å².